The van der Waals surface area contributed by atoms with Gasteiger partial charge in [0, 0.05) is 22.6 Å². The molecule has 1 heterocycles. The summed E-state index contributed by atoms with van der Waals surface area (Å²) in [4.78, 5) is 2.37. The maximum absolute atomic E-state index is 13.3. The number of halogens is 1. The van der Waals surface area contributed by atoms with Crippen LogP contribution in [0.4, 0.5) is 0 Å². The largest absolute Gasteiger partial charge is 0.309 e. The molecule has 0 bridgehead atoms. The Hall–Kier alpha value is -1.63. The van der Waals surface area contributed by atoms with Gasteiger partial charge in [0.25, 0.3) is 10.0 Å². The Balaban J connectivity index is 2.17. The van der Waals surface area contributed by atoms with E-state index in [0.717, 1.165) is 29.5 Å². The molecule has 0 atom stereocenters. The number of likely N-dealkylation sites (N-methyl/N-ethyl adjacent to an activating group) is 1. The Morgan fingerprint density at radius 1 is 1.12 bits per heavy atom. The van der Waals surface area contributed by atoms with E-state index in [1.165, 1.54) is 3.97 Å². The molecule has 3 rings (SSSR count). The van der Waals surface area contributed by atoms with E-state index in [0.29, 0.717) is 9.99 Å². The molecule has 0 spiro atoms. The lowest BCUT2D eigenvalue weighted by molar-refractivity contribution is 0.414. The van der Waals surface area contributed by atoms with Gasteiger partial charge in [0.15, 0.2) is 0 Å². The van der Waals surface area contributed by atoms with E-state index in [-0.39, 0.29) is 4.90 Å². The molecule has 0 radical (unpaired) electrons. The van der Waals surface area contributed by atoms with Crippen molar-refractivity contribution < 1.29 is 8.42 Å². The van der Waals surface area contributed by atoms with Crippen molar-refractivity contribution in [1.29, 1.82) is 0 Å². The highest BCUT2D eigenvalue weighted by molar-refractivity contribution is 9.10. The third-order valence-electron chi connectivity index (χ3n) is 4.21. The number of rotatable bonds is 5. The van der Waals surface area contributed by atoms with Gasteiger partial charge in [0.2, 0.25) is 0 Å². The zero-order valence-corrected chi connectivity index (χ0v) is 16.9. The standard InChI is InChI=1S/C19H21BrN2O2S/c1-14-8-9-19(17(20)12-14)25(23,24)22-13-15(10-11-21(2)3)16-6-4-5-7-18(16)22/h4-9,12-13H,10-11H2,1-3H3. The Morgan fingerprint density at radius 3 is 2.52 bits per heavy atom. The topological polar surface area (TPSA) is 42.3 Å². The van der Waals surface area contributed by atoms with Crippen molar-refractivity contribution >= 4 is 36.9 Å². The molecule has 0 aliphatic carbocycles. The van der Waals surface area contributed by atoms with Gasteiger partial charge in [-0.2, -0.15) is 0 Å². The molecule has 4 nitrogen and oxygen atoms in total. The monoisotopic (exact) mass is 420 g/mol. The van der Waals surface area contributed by atoms with E-state index in [1.54, 1.807) is 12.3 Å². The Bertz CT molecular complexity index is 1020. The van der Waals surface area contributed by atoms with Gasteiger partial charge < -0.3 is 4.90 Å². The minimum absolute atomic E-state index is 0.276. The van der Waals surface area contributed by atoms with Gasteiger partial charge >= 0.3 is 0 Å². The van der Waals surface area contributed by atoms with Crippen LogP contribution in [0.3, 0.4) is 0 Å². The van der Waals surface area contributed by atoms with Gasteiger partial charge in [-0.25, -0.2) is 12.4 Å². The van der Waals surface area contributed by atoms with Crippen LogP contribution in [0.25, 0.3) is 10.9 Å². The molecule has 3 aromatic rings. The maximum atomic E-state index is 13.3. The van der Waals surface area contributed by atoms with Crippen LogP contribution >= 0.6 is 15.9 Å². The Morgan fingerprint density at radius 2 is 1.84 bits per heavy atom. The van der Waals surface area contributed by atoms with Crippen LogP contribution in [0.2, 0.25) is 0 Å². The highest BCUT2D eigenvalue weighted by Gasteiger charge is 2.23. The SMILES string of the molecule is Cc1ccc(S(=O)(=O)n2cc(CCN(C)C)c3ccccc32)c(Br)c1. The minimum Gasteiger partial charge on any atom is -0.309 e. The molecule has 0 aliphatic rings. The summed E-state index contributed by atoms with van der Waals surface area (Å²) < 4.78 is 28.5. The van der Waals surface area contributed by atoms with Crippen LogP contribution < -0.4 is 0 Å². The number of benzene rings is 2. The van der Waals surface area contributed by atoms with Crippen LogP contribution in [-0.2, 0) is 16.4 Å². The molecule has 0 saturated heterocycles. The third-order valence-corrected chi connectivity index (χ3v) is 6.86. The summed E-state index contributed by atoms with van der Waals surface area (Å²) in [6, 6.07) is 12.9. The van der Waals surface area contributed by atoms with Crippen LogP contribution in [-0.4, -0.2) is 37.9 Å². The molecular formula is C19H21BrN2O2S. The Labute approximate surface area is 157 Å². The van der Waals surface area contributed by atoms with Crippen molar-refractivity contribution in [1.82, 2.24) is 8.87 Å². The highest BCUT2D eigenvalue weighted by atomic mass is 79.9. The average molecular weight is 421 g/mol. The van der Waals surface area contributed by atoms with Gasteiger partial charge in [-0.1, -0.05) is 24.3 Å². The number of para-hydroxylation sites is 1. The average Bonchev–Trinajstić information content (AvgIpc) is 2.92. The first-order chi connectivity index (χ1) is 11.8. The van der Waals surface area contributed by atoms with Gasteiger partial charge in [0.05, 0.1) is 5.52 Å². The summed E-state index contributed by atoms with van der Waals surface area (Å²) in [5.41, 5.74) is 2.76. The number of hydrogen-bond acceptors (Lipinski definition) is 3. The summed E-state index contributed by atoms with van der Waals surface area (Å²) >= 11 is 3.40. The summed E-state index contributed by atoms with van der Waals surface area (Å²) in [5.74, 6) is 0. The lowest BCUT2D eigenvalue weighted by Crippen LogP contribution is -2.15. The van der Waals surface area contributed by atoms with Crippen LogP contribution in [0.5, 0.6) is 0 Å². The van der Waals surface area contributed by atoms with Crippen molar-refractivity contribution in [2.24, 2.45) is 0 Å². The van der Waals surface area contributed by atoms with Crippen LogP contribution in [0, 0.1) is 6.92 Å². The fraction of sp³-hybridized carbons (Fsp3) is 0.263. The molecule has 0 unspecified atom stereocenters. The second-order valence-electron chi connectivity index (χ2n) is 6.46. The molecule has 0 amide bonds. The summed E-state index contributed by atoms with van der Waals surface area (Å²) in [6.45, 7) is 2.80. The molecule has 0 aliphatic heterocycles. The van der Waals surface area contributed by atoms with Gasteiger partial charge in [-0.15, -0.1) is 0 Å². The molecule has 2 aromatic carbocycles. The molecule has 25 heavy (non-hydrogen) atoms. The summed E-state index contributed by atoms with van der Waals surface area (Å²) in [7, 11) is 0.352. The summed E-state index contributed by atoms with van der Waals surface area (Å²) in [5, 5.41) is 0.983. The van der Waals surface area contributed by atoms with E-state index < -0.39 is 10.0 Å². The number of fused-ring (bicyclic) bond motifs is 1. The van der Waals surface area contributed by atoms with Crippen molar-refractivity contribution in [3.8, 4) is 0 Å². The van der Waals surface area contributed by atoms with Crippen LogP contribution in [0.1, 0.15) is 11.1 Å². The first-order valence-electron chi connectivity index (χ1n) is 8.06. The lowest BCUT2D eigenvalue weighted by atomic mass is 10.1. The first kappa shape index (κ1) is 18.2. The normalized spacial score (nSPS) is 12.2. The second kappa shape index (κ2) is 6.94. The molecular weight excluding hydrogens is 400 g/mol. The predicted molar refractivity (Wildman–Crippen MR) is 106 cm³/mol. The first-order valence-corrected chi connectivity index (χ1v) is 10.3. The van der Waals surface area contributed by atoms with Crippen molar-refractivity contribution in [2.75, 3.05) is 20.6 Å². The maximum Gasteiger partial charge on any atom is 0.269 e. The third kappa shape index (κ3) is 3.52. The van der Waals surface area contributed by atoms with Gasteiger partial charge in [-0.3, -0.25) is 0 Å². The number of aryl methyl sites for hydroxylation is 1. The van der Waals surface area contributed by atoms with E-state index in [4.69, 9.17) is 0 Å². The molecule has 6 heteroatoms. The van der Waals surface area contributed by atoms with Crippen molar-refractivity contribution in [3.05, 3.63) is 64.3 Å². The fourth-order valence-electron chi connectivity index (χ4n) is 2.88. The number of hydrogen-bond donors (Lipinski definition) is 0. The van der Waals surface area contributed by atoms with E-state index in [9.17, 15) is 8.42 Å². The molecule has 0 fully saturated rings. The second-order valence-corrected chi connectivity index (χ2v) is 9.10. The minimum atomic E-state index is -3.67. The van der Waals surface area contributed by atoms with Crippen LogP contribution in [0.15, 0.2) is 58.0 Å². The van der Waals surface area contributed by atoms with Gasteiger partial charge in [-0.05, 0) is 72.7 Å². The van der Waals surface area contributed by atoms with E-state index in [2.05, 4.69) is 20.8 Å². The quantitative estimate of drug-likeness (QED) is 0.624. The van der Waals surface area contributed by atoms with Crippen molar-refractivity contribution in [3.63, 3.8) is 0 Å². The zero-order chi connectivity index (χ0) is 18.2. The van der Waals surface area contributed by atoms with E-state index >= 15 is 0 Å². The fourth-order valence-corrected chi connectivity index (χ4v) is 5.43. The number of aromatic nitrogens is 1. The van der Waals surface area contributed by atoms with Crippen molar-refractivity contribution in [2.45, 2.75) is 18.2 Å². The summed E-state index contributed by atoms with van der Waals surface area (Å²) in [6.07, 6.45) is 2.56. The lowest BCUT2D eigenvalue weighted by Gasteiger charge is -2.10. The molecule has 132 valence electrons. The Kier molecular flexibility index (Phi) is 5.04. The zero-order valence-electron chi connectivity index (χ0n) is 14.5. The molecule has 0 saturated carbocycles. The van der Waals surface area contributed by atoms with Gasteiger partial charge in [0.1, 0.15) is 4.90 Å². The smallest absolute Gasteiger partial charge is 0.269 e. The molecule has 1 aromatic heterocycles. The van der Waals surface area contributed by atoms with E-state index in [1.807, 2.05) is 57.4 Å². The number of nitrogens with zero attached hydrogens (tertiary/aromatic N) is 2. The molecule has 0 N–H and O–H groups in total. The predicted octanol–water partition coefficient (Wildman–Crippen LogP) is 4.05. The highest BCUT2D eigenvalue weighted by Crippen LogP contribution is 2.30.